The molecule has 2 aliphatic rings. The van der Waals surface area contributed by atoms with Crippen LogP contribution in [0.15, 0.2) is 47.6 Å². The number of hydrogen-bond acceptors (Lipinski definition) is 0. The van der Waals surface area contributed by atoms with Gasteiger partial charge < -0.3 is 0 Å². The van der Waals surface area contributed by atoms with Crippen molar-refractivity contribution >= 4 is 0 Å². The van der Waals surface area contributed by atoms with E-state index in [0.29, 0.717) is 5.92 Å². The minimum atomic E-state index is 0.588. The van der Waals surface area contributed by atoms with E-state index in [1.54, 1.807) is 0 Å². The molecule has 0 aliphatic heterocycles. The monoisotopic (exact) mass is 160 g/mol. The fourth-order valence-electron chi connectivity index (χ4n) is 1.46. The van der Waals surface area contributed by atoms with Crippen LogP contribution in [0.5, 0.6) is 0 Å². The zero-order chi connectivity index (χ0) is 8.97. The predicted octanol–water partition coefficient (Wildman–Crippen LogP) is 3.64. The molecule has 0 spiro atoms. The van der Waals surface area contributed by atoms with Gasteiger partial charge in [0.05, 0.1) is 0 Å². The van der Waals surface area contributed by atoms with Crippen molar-refractivity contribution in [2.75, 3.05) is 0 Å². The van der Waals surface area contributed by atoms with Crippen molar-refractivity contribution in [3.05, 3.63) is 47.6 Å². The largest absolute Gasteiger partial charge is 0.0730 e. The van der Waals surface area contributed by atoms with Gasteiger partial charge in [0.1, 0.15) is 0 Å². The third kappa shape index (κ3) is 1.58. The molecule has 64 valence electrons. The van der Waals surface area contributed by atoms with Crippen molar-refractivity contribution in [3.63, 3.8) is 0 Å². The van der Waals surface area contributed by atoms with Crippen LogP contribution in [-0.4, -0.2) is 0 Å². The summed E-state index contributed by atoms with van der Waals surface area (Å²) in [6.07, 6.45) is 13.0. The summed E-state index contributed by atoms with van der Waals surface area (Å²) in [4.78, 5) is 0. The SMILES string of the molecule is CC.CC1=CC=C2C=CC=CC12. The molecule has 0 fully saturated rings. The Bertz CT molecular complexity index is 262. The van der Waals surface area contributed by atoms with Gasteiger partial charge in [0.15, 0.2) is 0 Å². The van der Waals surface area contributed by atoms with Gasteiger partial charge in [-0.25, -0.2) is 0 Å². The average Bonchev–Trinajstić information content (AvgIpc) is 2.53. The quantitative estimate of drug-likeness (QED) is 0.507. The smallest absolute Gasteiger partial charge is 0.0231 e. The van der Waals surface area contributed by atoms with Crippen LogP contribution in [0.3, 0.4) is 0 Å². The Balaban J connectivity index is 0.000000336. The van der Waals surface area contributed by atoms with E-state index in [9.17, 15) is 0 Å². The van der Waals surface area contributed by atoms with Crippen LogP contribution >= 0.6 is 0 Å². The maximum Gasteiger partial charge on any atom is 0.0231 e. The van der Waals surface area contributed by atoms with Crippen LogP contribution in [-0.2, 0) is 0 Å². The summed E-state index contributed by atoms with van der Waals surface area (Å²) in [6, 6.07) is 0. The second-order valence-electron chi connectivity index (χ2n) is 2.80. The first-order valence-electron chi connectivity index (χ1n) is 4.61. The van der Waals surface area contributed by atoms with Crippen molar-refractivity contribution in [1.29, 1.82) is 0 Å². The molecular formula is C12H16. The van der Waals surface area contributed by atoms with E-state index in [4.69, 9.17) is 0 Å². The molecule has 0 heterocycles. The fourth-order valence-corrected chi connectivity index (χ4v) is 1.46. The van der Waals surface area contributed by atoms with Gasteiger partial charge in [-0.2, -0.15) is 0 Å². The number of fused-ring (bicyclic) bond motifs is 1. The zero-order valence-electron chi connectivity index (χ0n) is 8.04. The van der Waals surface area contributed by atoms with Crippen LogP contribution in [0.4, 0.5) is 0 Å². The molecule has 0 heteroatoms. The average molecular weight is 160 g/mol. The third-order valence-corrected chi connectivity index (χ3v) is 2.09. The standard InChI is InChI=1S/C10H10.C2H6/c1-8-6-7-9-4-2-3-5-10(8)9;1-2/h2-7,10H,1H3;1-2H3. The highest BCUT2D eigenvalue weighted by atomic mass is 14.2. The van der Waals surface area contributed by atoms with Gasteiger partial charge in [-0.3, -0.25) is 0 Å². The molecule has 0 N–H and O–H groups in total. The topological polar surface area (TPSA) is 0 Å². The van der Waals surface area contributed by atoms with Crippen LogP contribution < -0.4 is 0 Å². The van der Waals surface area contributed by atoms with Gasteiger partial charge in [-0.15, -0.1) is 0 Å². The van der Waals surface area contributed by atoms with Gasteiger partial charge in [0.2, 0.25) is 0 Å². The van der Waals surface area contributed by atoms with Crippen molar-refractivity contribution in [2.45, 2.75) is 20.8 Å². The van der Waals surface area contributed by atoms with Gasteiger partial charge in [-0.05, 0) is 12.5 Å². The normalized spacial score (nSPS) is 23.8. The summed E-state index contributed by atoms with van der Waals surface area (Å²) in [5.74, 6) is 0.588. The first-order valence-corrected chi connectivity index (χ1v) is 4.61. The summed E-state index contributed by atoms with van der Waals surface area (Å²) < 4.78 is 0. The highest BCUT2D eigenvalue weighted by molar-refractivity contribution is 5.46. The van der Waals surface area contributed by atoms with E-state index >= 15 is 0 Å². The molecule has 0 amide bonds. The molecule has 2 aliphatic carbocycles. The molecule has 0 saturated carbocycles. The lowest BCUT2D eigenvalue weighted by atomic mass is 9.93. The summed E-state index contributed by atoms with van der Waals surface area (Å²) in [6.45, 7) is 6.18. The first-order chi connectivity index (χ1) is 5.88. The summed E-state index contributed by atoms with van der Waals surface area (Å²) in [5.41, 5.74) is 2.88. The Morgan fingerprint density at radius 2 is 1.83 bits per heavy atom. The molecule has 0 bridgehead atoms. The minimum absolute atomic E-state index is 0.588. The van der Waals surface area contributed by atoms with Crippen molar-refractivity contribution < 1.29 is 0 Å². The molecule has 0 radical (unpaired) electrons. The zero-order valence-corrected chi connectivity index (χ0v) is 8.04. The lowest BCUT2D eigenvalue weighted by Gasteiger charge is -2.11. The first kappa shape index (κ1) is 9.05. The molecule has 0 nitrogen and oxygen atoms in total. The Hall–Kier alpha value is -1.04. The van der Waals surface area contributed by atoms with E-state index in [0.717, 1.165) is 0 Å². The molecule has 0 aromatic rings. The Labute approximate surface area is 75.0 Å². The minimum Gasteiger partial charge on any atom is -0.0730 e. The van der Waals surface area contributed by atoms with E-state index in [-0.39, 0.29) is 0 Å². The molecule has 1 unspecified atom stereocenters. The Kier molecular flexibility index (Phi) is 3.09. The summed E-state index contributed by atoms with van der Waals surface area (Å²) in [7, 11) is 0. The number of hydrogen-bond donors (Lipinski definition) is 0. The van der Waals surface area contributed by atoms with Gasteiger partial charge in [0, 0.05) is 5.92 Å². The van der Waals surface area contributed by atoms with E-state index < -0.39 is 0 Å². The lowest BCUT2D eigenvalue weighted by molar-refractivity contribution is 0.938. The molecule has 0 aromatic heterocycles. The van der Waals surface area contributed by atoms with Crippen LogP contribution in [0, 0.1) is 5.92 Å². The Morgan fingerprint density at radius 1 is 1.08 bits per heavy atom. The number of rotatable bonds is 0. The maximum absolute atomic E-state index is 2.24. The summed E-state index contributed by atoms with van der Waals surface area (Å²) >= 11 is 0. The van der Waals surface area contributed by atoms with Gasteiger partial charge in [-0.1, -0.05) is 55.9 Å². The van der Waals surface area contributed by atoms with E-state index in [2.05, 4.69) is 43.4 Å². The van der Waals surface area contributed by atoms with E-state index in [1.165, 1.54) is 11.1 Å². The third-order valence-electron chi connectivity index (χ3n) is 2.09. The van der Waals surface area contributed by atoms with Crippen LogP contribution in [0.2, 0.25) is 0 Å². The molecule has 1 atom stereocenters. The van der Waals surface area contributed by atoms with E-state index in [1.807, 2.05) is 13.8 Å². The van der Waals surface area contributed by atoms with Crippen LogP contribution in [0.25, 0.3) is 0 Å². The van der Waals surface area contributed by atoms with Crippen molar-refractivity contribution in [3.8, 4) is 0 Å². The molecular weight excluding hydrogens is 144 g/mol. The van der Waals surface area contributed by atoms with Gasteiger partial charge >= 0.3 is 0 Å². The second kappa shape index (κ2) is 4.10. The lowest BCUT2D eigenvalue weighted by Crippen LogP contribution is -1.98. The van der Waals surface area contributed by atoms with Crippen LogP contribution in [0.1, 0.15) is 20.8 Å². The van der Waals surface area contributed by atoms with Crippen molar-refractivity contribution in [2.24, 2.45) is 5.92 Å². The summed E-state index contributed by atoms with van der Waals surface area (Å²) in [5, 5.41) is 0. The number of allylic oxidation sites excluding steroid dienone is 8. The molecule has 2 rings (SSSR count). The Morgan fingerprint density at radius 3 is 2.50 bits per heavy atom. The van der Waals surface area contributed by atoms with Crippen molar-refractivity contribution in [1.82, 2.24) is 0 Å². The highest BCUT2D eigenvalue weighted by Crippen LogP contribution is 2.30. The highest BCUT2D eigenvalue weighted by Gasteiger charge is 2.15. The molecule has 12 heavy (non-hydrogen) atoms. The predicted molar refractivity (Wildman–Crippen MR) is 55.0 cm³/mol. The second-order valence-corrected chi connectivity index (χ2v) is 2.80. The van der Waals surface area contributed by atoms with Gasteiger partial charge in [0.25, 0.3) is 0 Å². The maximum atomic E-state index is 2.24. The fraction of sp³-hybridized carbons (Fsp3) is 0.333. The molecule has 0 saturated heterocycles. The molecule has 0 aromatic carbocycles.